The minimum atomic E-state index is 0. The molecule has 0 radical (unpaired) electrons. The number of rotatable bonds is 6. The predicted molar refractivity (Wildman–Crippen MR) is 101 cm³/mol. The number of hydrogen-bond donors (Lipinski definition) is 1. The van der Waals surface area contributed by atoms with Crippen molar-refractivity contribution in [2.24, 2.45) is 5.92 Å². The Kier molecular flexibility index (Phi) is 7.70. The first kappa shape index (κ1) is 18.9. The second kappa shape index (κ2) is 9.77. The highest BCUT2D eigenvalue weighted by molar-refractivity contribution is 6.32. The van der Waals surface area contributed by atoms with Crippen LogP contribution in [0.5, 0.6) is 11.5 Å². The molecule has 1 N–H and O–H groups in total. The summed E-state index contributed by atoms with van der Waals surface area (Å²) >= 11 is 6.10. The monoisotopic (exact) mass is 367 g/mol. The van der Waals surface area contributed by atoms with Gasteiger partial charge in [-0.2, -0.15) is 0 Å². The molecule has 2 aromatic carbocycles. The molecule has 3 nitrogen and oxygen atoms in total. The number of para-hydroxylation sites is 1. The summed E-state index contributed by atoms with van der Waals surface area (Å²) in [4.78, 5) is 0. The second-order valence-electron chi connectivity index (χ2n) is 5.87. The average Bonchev–Trinajstić information content (AvgIpc) is 2.61. The van der Waals surface area contributed by atoms with Crippen LogP contribution in [0.25, 0.3) is 0 Å². The Hall–Kier alpha value is -1.42. The maximum atomic E-state index is 6.10. The summed E-state index contributed by atoms with van der Waals surface area (Å²) < 4.78 is 11.7. The highest BCUT2D eigenvalue weighted by atomic mass is 35.5. The van der Waals surface area contributed by atoms with E-state index in [9.17, 15) is 0 Å². The van der Waals surface area contributed by atoms with Crippen LogP contribution in [0.4, 0.5) is 0 Å². The molecule has 130 valence electrons. The van der Waals surface area contributed by atoms with Crippen LogP contribution in [-0.2, 0) is 6.61 Å². The third-order valence-electron chi connectivity index (χ3n) is 4.07. The van der Waals surface area contributed by atoms with Gasteiger partial charge in [0, 0.05) is 0 Å². The van der Waals surface area contributed by atoms with Gasteiger partial charge in [0.25, 0.3) is 0 Å². The van der Waals surface area contributed by atoms with Gasteiger partial charge >= 0.3 is 0 Å². The SMILES string of the molecule is Cl.Clc1ccccc1OCc1cccc(OCC2CCNCC2)c1. The molecule has 1 saturated heterocycles. The molecule has 0 atom stereocenters. The normalized spacial score (nSPS) is 14.7. The van der Waals surface area contributed by atoms with Crippen molar-refractivity contribution in [1.82, 2.24) is 5.32 Å². The summed E-state index contributed by atoms with van der Waals surface area (Å²) in [7, 11) is 0. The van der Waals surface area contributed by atoms with Gasteiger partial charge in [0.15, 0.2) is 0 Å². The lowest BCUT2D eigenvalue weighted by molar-refractivity contribution is 0.214. The molecule has 3 rings (SSSR count). The molecular weight excluding hydrogens is 345 g/mol. The molecule has 0 unspecified atom stereocenters. The molecule has 1 aliphatic rings. The summed E-state index contributed by atoms with van der Waals surface area (Å²) in [6, 6.07) is 15.6. The van der Waals surface area contributed by atoms with E-state index in [1.54, 1.807) is 0 Å². The molecule has 0 aromatic heterocycles. The largest absolute Gasteiger partial charge is 0.493 e. The fraction of sp³-hybridized carbons (Fsp3) is 0.368. The van der Waals surface area contributed by atoms with Crippen molar-refractivity contribution >= 4 is 24.0 Å². The Bertz CT molecular complexity index is 630. The predicted octanol–water partition coefficient (Wildman–Crippen LogP) is 4.72. The van der Waals surface area contributed by atoms with Crippen molar-refractivity contribution in [2.75, 3.05) is 19.7 Å². The van der Waals surface area contributed by atoms with Crippen molar-refractivity contribution in [3.63, 3.8) is 0 Å². The lowest BCUT2D eigenvalue weighted by Gasteiger charge is -2.22. The van der Waals surface area contributed by atoms with Crippen molar-refractivity contribution in [3.8, 4) is 11.5 Å². The van der Waals surface area contributed by atoms with E-state index < -0.39 is 0 Å². The first-order valence-electron chi connectivity index (χ1n) is 8.11. The number of ether oxygens (including phenoxy) is 2. The zero-order valence-corrected chi connectivity index (χ0v) is 15.1. The Morgan fingerprint density at radius 2 is 1.79 bits per heavy atom. The summed E-state index contributed by atoms with van der Waals surface area (Å²) in [5, 5.41) is 4.01. The lowest BCUT2D eigenvalue weighted by atomic mass is 9.99. The summed E-state index contributed by atoms with van der Waals surface area (Å²) in [6.45, 7) is 3.46. The van der Waals surface area contributed by atoms with Gasteiger partial charge in [0.2, 0.25) is 0 Å². The van der Waals surface area contributed by atoms with Gasteiger partial charge in [-0.05, 0) is 61.7 Å². The summed E-state index contributed by atoms with van der Waals surface area (Å²) in [5.74, 6) is 2.26. The number of benzene rings is 2. The van der Waals surface area contributed by atoms with Crippen LogP contribution in [0.2, 0.25) is 5.02 Å². The van der Waals surface area contributed by atoms with Crippen molar-refractivity contribution < 1.29 is 9.47 Å². The van der Waals surface area contributed by atoms with Gasteiger partial charge in [-0.25, -0.2) is 0 Å². The third kappa shape index (κ3) is 5.59. The molecular formula is C19H23Cl2NO2. The van der Waals surface area contributed by atoms with Crippen LogP contribution in [-0.4, -0.2) is 19.7 Å². The molecule has 2 aromatic rings. The first-order valence-corrected chi connectivity index (χ1v) is 8.49. The van der Waals surface area contributed by atoms with Gasteiger partial charge in [0.1, 0.15) is 18.1 Å². The smallest absolute Gasteiger partial charge is 0.138 e. The van der Waals surface area contributed by atoms with Crippen LogP contribution in [0.3, 0.4) is 0 Å². The topological polar surface area (TPSA) is 30.5 Å². The Morgan fingerprint density at radius 3 is 2.58 bits per heavy atom. The molecule has 0 aliphatic carbocycles. The van der Waals surface area contributed by atoms with Gasteiger partial charge in [-0.3, -0.25) is 0 Å². The van der Waals surface area contributed by atoms with Gasteiger partial charge in [-0.15, -0.1) is 12.4 Å². The Morgan fingerprint density at radius 1 is 1.00 bits per heavy atom. The second-order valence-corrected chi connectivity index (χ2v) is 6.28. The molecule has 0 saturated carbocycles. The van der Waals surface area contributed by atoms with E-state index in [-0.39, 0.29) is 12.4 Å². The van der Waals surface area contributed by atoms with E-state index in [0.717, 1.165) is 31.0 Å². The standard InChI is InChI=1S/C19H22ClNO2.ClH/c20-18-6-1-2-7-19(18)23-14-16-4-3-5-17(12-16)22-13-15-8-10-21-11-9-15;/h1-7,12,15,21H,8-11,13-14H2;1H. The van der Waals surface area contributed by atoms with Gasteiger partial charge in [-0.1, -0.05) is 35.9 Å². The molecule has 1 fully saturated rings. The maximum Gasteiger partial charge on any atom is 0.138 e. The Balaban J connectivity index is 0.00000208. The van der Waals surface area contributed by atoms with Crippen molar-refractivity contribution in [3.05, 3.63) is 59.1 Å². The Labute approximate surface area is 154 Å². The molecule has 1 aliphatic heterocycles. The minimum absolute atomic E-state index is 0. The number of halogens is 2. The molecule has 0 amide bonds. The zero-order chi connectivity index (χ0) is 15.9. The van der Waals surface area contributed by atoms with E-state index in [1.165, 1.54) is 12.8 Å². The van der Waals surface area contributed by atoms with E-state index in [0.29, 0.717) is 23.3 Å². The molecule has 1 heterocycles. The van der Waals surface area contributed by atoms with Crippen molar-refractivity contribution in [2.45, 2.75) is 19.4 Å². The molecule has 0 spiro atoms. The fourth-order valence-corrected chi connectivity index (χ4v) is 2.90. The van der Waals surface area contributed by atoms with Crippen LogP contribution in [0, 0.1) is 5.92 Å². The average molecular weight is 368 g/mol. The van der Waals surface area contributed by atoms with Gasteiger partial charge in [0.05, 0.1) is 11.6 Å². The highest BCUT2D eigenvalue weighted by Gasteiger charge is 2.13. The number of piperidine rings is 1. The van der Waals surface area contributed by atoms with E-state index in [4.69, 9.17) is 21.1 Å². The molecule has 0 bridgehead atoms. The zero-order valence-electron chi connectivity index (χ0n) is 13.5. The third-order valence-corrected chi connectivity index (χ3v) is 4.39. The van der Waals surface area contributed by atoms with E-state index in [2.05, 4.69) is 5.32 Å². The van der Waals surface area contributed by atoms with Crippen LogP contribution in [0.1, 0.15) is 18.4 Å². The first-order chi connectivity index (χ1) is 11.3. The van der Waals surface area contributed by atoms with Crippen LogP contribution >= 0.6 is 24.0 Å². The number of hydrogen-bond acceptors (Lipinski definition) is 3. The van der Waals surface area contributed by atoms with E-state index in [1.807, 2.05) is 48.5 Å². The van der Waals surface area contributed by atoms with Crippen LogP contribution in [0.15, 0.2) is 48.5 Å². The van der Waals surface area contributed by atoms with Crippen molar-refractivity contribution in [1.29, 1.82) is 0 Å². The molecule has 24 heavy (non-hydrogen) atoms. The lowest BCUT2D eigenvalue weighted by Crippen LogP contribution is -2.30. The minimum Gasteiger partial charge on any atom is -0.493 e. The summed E-state index contributed by atoms with van der Waals surface area (Å²) in [5.41, 5.74) is 1.08. The maximum absolute atomic E-state index is 6.10. The van der Waals surface area contributed by atoms with E-state index >= 15 is 0 Å². The number of nitrogens with one attached hydrogen (secondary N) is 1. The van der Waals surface area contributed by atoms with Gasteiger partial charge < -0.3 is 14.8 Å². The molecule has 5 heteroatoms. The van der Waals surface area contributed by atoms with Crippen LogP contribution < -0.4 is 14.8 Å². The quantitative estimate of drug-likeness (QED) is 0.800. The summed E-state index contributed by atoms with van der Waals surface area (Å²) in [6.07, 6.45) is 2.38. The fourth-order valence-electron chi connectivity index (χ4n) is 2.71. The highest BCUT2D eigenvalue weighted by Crippen LogP contribution is 2.25.